The number of nitrogens with zero attached hydrogens (tertiary/aromatic N) is 2. The lowest BCUT2D eigenvalue weighted by molar-refractivity contribution is 0.101. The van der Waals surface area contributed by atoms with Crippen LogP contribution in [0.3, 0.4) is 0 Å². The first kappa shape index (κ1) is 16.1. The molecule has 1 amide bonds. The molecule has 1 aromatic heterocycles. The van der Waals surface area contributed by atoms with Gasteiger partial charge in [0.15, 0.2) is 0 Å². The van der Waals surface area contributed by atoms with Crippen molar-refractivity contribution in [3.05, 3.63) is 59.7 Å². The molecule has 3 aromatic rings. The maximum absolute atomic E-state index is 13.6. The Hall–Kier alpha value is -2.74. The second-order valence-electron chi connectivity index (χ2n) is 4.69. The number of anilines is 1. The minimum atomic E-state index is -1.00. The van der Waals surface area contributed by atoms with Gasteiger partial charge in [-0.05, 0) is 42.7 Å². The van der Waals surface area contributed by atoms with Crippen molar-refractivity contribution in [1.29, 1.82) is 0 Å². The number of rotatable bonds is 4. The molecule has 0 fully saturated rings. The number of hydrogen-bond acceptors (Lipinski definition) is 5. The van der Waals surface area contributed by atoms with E-state index in [2.05, 4.69) is 15.5 Å². The van der Waals surface area contributed by atoms with E-state index in [9.17, 15) is 13.6 Å². The summed E-state index contributed by atoms with van der Waals surface area (Å²) >= 11 is 1.59. The number of thioether (sulfide) groups is 1. The number of benzene rings is 2. The van der Waals surface area contributed by atoms with E-state index < -0.39 is 23.1 Å². The van der Waals surface area contributed by atoms with Crippen LogP contribution in [0.15, 0.2) is 51.8 Å². The van der Waals surface area contributed by atoms with Gasteiger partial charge in [-0.2, -0.15) is 0 Å². The average Bonchev–Trinajstić information content (AvgIpc) is 3.03. The molecule has 122 valence electrons. The first-order chi connectivity index (χ1) is 11.6. The third kappa shape index (κ3) is 3.28. The number of amides is 1. The van der Waals surface area contributed by atoms with Gasteiger partial charge in [-0.3, -0.25) is 10.1 Å². The third-order valence-corrected chi connectivity index (χ3v) is 3.92. The predicted molar refractivity (Wildman–Crippen MR) is 85.8 cm³/mol. The van der Waals surface area contributed by atoms with E-state index in [1.165, 1.54) is 6.07 Å². The number of aromatic nitrogens is 2. The smallest absolute Gasteiger partial charge is 0.322 e. The lowest BCUT2D eigenvalue weighted by Crippen LogP contribution is -2.16. The van der Waals surface area contributed by atoms with E-state index in [1.807, 2.05) is 18.4 Å². The first-order valence-electron chi connectivity index (χ1n) is 6.82. The van der Waals surface area contributed by atoms with E-state index in [4.69, 9.17) is 4.42 Å². The Bertz CT molecular complexity index is 861. The van der Waals surface area contributed by atoms with Gasteiger partial charge in [0.2, 0.25) is 5.89 Å². The van der Waals surface area contributed by atoms with Crippen molar-refractivity contribution in [2.75, 3.05) is 11.6 Å². The highest BCUT2D eigenvalue weighted by atomic mass is 32.2. The lowest BCUT2D eigenvalue weighted by atomic mass is 10.2. The Morgan fingerprint density at radius 1 is 1.08 bits per heavy atom. The predicted octanol–water partition coefficient (Wildman–Crippen LogP) is 3.99. The molecule has 3 rings (SSSR count). The Balaban J connectivity index is 1.79. The van der Waals surface area contributed by atoms with Crippen LogP contribution in [-0.4, -0.2) is 22.4 Å². The van der Waals surface area contributed by atoms with Gasteiger partial charge in [0.05, 0.1) is 0 Å². The summed E-state index contributed by atoms with van der Waals surface area (Å²) < 4.78 is 32.5. The SMILES string of the molecule is CSc1ccc(-c2nnc(NC(=O)c3c(F)cccc3F)o2)cc1. The average molecular weight is 347 g/mol. The summed E-state index contributed by atoms with van der Waals surface area (Å²) in [5.41, 5.74) is -0.0422. The van der Waals surface area contributed by atoms with Gasteiger partial charge in [0.1, 0.15) is 17.2 Å². The summed E-state index contributed by atoms with van der Waals surface area (Å²) in [5.74, 6) is -2.76. The number of hydrogen-bond donors (Lipinski definition) is 1. The first-order valence-corrected chi connectivity index (χ1v) is 8.04. The van der Waals surface area contributed by atoms with Crippen molar-refractivity contribution >= 4 is 23.7 Å². The molecule has 8 heteroatoms. The highest BCUT2D eigenvalue weighted by Gasteiger charge is 2.19. The molecule has 1 N–H and O–H groups in total. The van der Waals surface area contributed by atoms with E-state index in [0.29, 0.717) is 5.56 Å². The van der Waals surface area contributed by atoms with Gasteiger partial charge in [-0.15, -0.1) is 16.9 Å². The van der Waals surface area contributed by atoms with Crippen LogP contribution in [0.25, 0.3) is 11.5 Å². The molecule has 0 atom stereocenters. The highest BCUT2D eigenvalue weighted by Crippen LogP contribution is 2.23. The zero-order valence-corrected chi connectivity index (χ0v) is 13.2. The molecule has 0 bridgehead atoms. The zero-order chi connectivity index (χ0) is 17.1. The van der Waals surface area contributed by atoms with E-state index in [-0.39, 0.29) is 11.9 Å². The molecule has 1 heterocycles. The molecule has 0 saturated heterocycles. The fourth-order valence-corrected chi connectivity index (χ4v) is 2.41. The summed E-state index contributed by atoms with van der Waals surface area (Å²) in [6.07, 6.45) is 1.96. The largest absolute Gasteiger partial charge is 0.403 e. The fraction of sp³-hybridized carbons (Fsp3) is 0.0625. The second-order valence-corrected chi connectivity index (χ2v) is 5.57. The maximum atomic E-state index is 13.6. The maximum Gasteiger partial charge on any atom is 0.322 e. The zero-order valence-electron chi connectivity index (χ0n) is 12.4. The van der Waals surface area contributed by atoms with Crippen LogP contribution in [0.1, 0.15) is 10.4 Å². The molecule has 0 aliphatic carbocycles. The van der Waals surface area contributed by atoms with Gasteiger partial charge >= 0.3 is 6.01 Å². The molecule has 0 spiro atoms. The van der Waals surface area contributed by atoms with Crippen LogP contribution >= 0.6 is 11.8 Å². The van der Waals surface area contributed by atoms with Gasteiger partial charge in [-0.25, -0.2) is 8.78 Å². The van der Waals surface area contributed by atoms with Crippen molar-refractivity contribution < 1.29 is 18.0 Å². The number of halogens is 2. The molecule has 0 aliphatic rings. The number of nitrogens with one attached hydrogen (secondary N) is 1. The molecular weight excluding hydrogens is 336 g/mol. The Morgan fingerprint density at radius 3 is 2.38 bits per heavy atom. The van der Waals surface area contributed by atoms with Crippen molar-refractivity contribution in [3.63, 3.8) is 0 Å². The van der Waals surface area contributed by atoms with E-state index in [1.54, 1.807) is 23.9 Å². The minimum absolute atomic E-state index is 0.187. The molecular formula is C16H11F2N3O2S. The molecule has 0 radical (unpaired) electrons. The molecule has 2 aromatic carbocycles. The molecule has 24 heavy (non-hydrogen) atoms. The normalized spacial score (nSPS) is 10.6. The summed E-state index contributed by atoms with van der Waals surface area (Å²) in [6.45, 7) is 0. The Kier molecular flexibility index (Phi) is 4.57. The van der Waals surface area contributed by atoms with Crippen LogP contribution in [0.4, 0.5) is 14.8 Å². The minimum Gasteiger partial charge on any atom is -0.403 e. The van der Waals surface area contributed by atoms with Crippen LogP contribution in [0.2, 0.25) is 0 Å². The summed E-state index contributed by atoms with van der Waals surface area (Å²) in [6, 6.07) is 10.3. The highest BCUT2D eigenvalue weighted by molar-refractivity contribution is 7.98. The summed E-state index contributed by atoms with van der Waals surface area (Å²) in [4.78, 5) is 13.0. The van der Waals surface area contributed by atoms with E-state index >= 15 is 0 Å². The topological polar surface area (TPSA) is 68.0 Å². The fourth-order valence-electron chi connectivity index (χ4n) is 2.00. The summed E-state index contributed by atoms with van der Waals surface area (Å²) in [7, 11) is 0. The van der Waals surface area contributed by atoms with Crippen molar-refractivity contribution in [2.24, 2.45) is 0 Å². The molecule has 0 saturated carbocycles. The molecule has 0 aliphatic heterocycles. The van der Waals surface area contributed by atoms with Crippen LogP contribution in [-0.2, 0) is 0 Å². The third-order valence-electron chi connectivity index (χ3n) is 3.17. The van der Waals surface area contributed by atoms with Gasteiger partial charge in [0, 0.05) is 10.5 Å². The quantitative estimate of drug-likeness (QED) is 0.723. The van der Waals surface area contributed by atoms with Gasteiger partial charge in [0.25, 0.3) is 5.91 Å². The lowest BCUT2D eigenvalue weighted by Gasteiger charge is -2.03. The van der Waals surface area contributed by atoms with Crippen LogP contribution < -0.4 is 5.32 Å². The van der Waals surface area contributed by atoms with Crippen molar-refractivity contribution in [1.82, 2.24) is 10.2 Å². The summed E-state index contributed by atoms with van der Waals surface area (Å²) in [5, 5.41) is 9.66. The van der Waals surface area contributed by atoms with Gasteiger partial charge < -0.3 is 4.42 Å². The number of carbonyl (C=O) groups excluding carboxylic acids is 1. The Labute approximate surface area is 140 Å². The van der Waals surface area contributed by atoms with Crippen molar-refractivity contribution in [3.8, 4) is 11.5 Å². The van der Waals surface area contributed by atoms with Gasteiger partial charge in [-0.1, -0.05) is 11.2 Å². The van der Waals surface area contributed by atoms with Crippen LogP contribution in [0, 0.1) is 11.6 Å². The van der Waals surface area contributed by atoms with Crippen LogP contribution in [0.5, 0.6) is 0 Å². The van der Waals surface area contributed by atoms with Crippen molar-refractivity contribution in [2.45, 2.75) is 4.90 Å². The standard InChI is InChI=1S/C16H11F2N3O2S/c1-24-10-7-5-9(6-8-10)15-20-21-16(23-15)19-14(22)13-11(17)3-2-4-12(13)18/h2-8H,1H3,(H,19,21,22). The van der Waals surface area contributed by atoms with E-state index in [0.717, 1.165) is 17.0 Å². The molecule has 5 nitrogen and oxygen atoms in total. The number of carbonyl (C=O) groups is 1. The second kappa shape index (κ2) is 6.79. The monoisotopic (exact) mass is 347 g/mol. The molecule has 0 unspecified atom stereocenters. The Morgan fingerprint density at radius 2 is 1.75 bits per heavy atom.